The van der Waals surface area contributed by atoms with Gasteiger partial charge >= 0.3 is 11.9 Å². The summed E-state index contributed by atoms with van der Waals surface area (Å²) in [7, 11) is 0. The summed E-state index contributed by atoms with van der Waals surface area (Å²) < 4.78 is 5.49. The van der Waals surface area contributed by atoms with Crippen LogP contribution in [0.25, 0.3) is 0 Å². The molecular weight excluding hydrogens is 382 g/mol. The first-order chi connectivity index (χ1) is 14.5. The van der Waals surface area contributed by atoms with Crippen molar-refractivity contribution in [2.24, 2.45) is 22.7 Å². The van der Waals surface area contributed by atoms with E-state index in [0.717, 1.165) is 35.1 Å². The van der Waals surface area contributed by atoms with Crippen LogP contribution in [0, 0.1) is 32.8 Å². The number of nitro groups is 1. The van der Waals surface area contributed by atoms with Crippen molar-refractivity contribution in [1.82, 2.24) is 0 Å². The molecule has 1 saturated carbocycles. The third-order valence-corrected chi connectivity index (χ3v) is 8.51. The molecule has 1 heterocycles. The van der Waals surface area contributed by atoms with E-state index in [1.807, 2.05) is 24.3 Å². The smallest absolute Gasteiger partial charge is 0.322 e. The maximum Gasteiger partial charge on any atom is 0.322 e. The molecule has 6 aliphatic carbocycles. The van der Waals surface area contributed by atoms with Gasteiger partial charge in [-0.25, -0.2) is 0 Å². The number of hydrogen-bond donors (Lipinski definition) is 0. The molecule has 1 saturated heterocycles. The monoisotopic (exact) mass is 399 g/mol. The molecule has 7 aliphatic rings. The number of rotatable bonds is 1. The molecule has 0 N–H and O–H groups in total. The number of ether oxygens (including phenoxy) is 1. The van der Waals surface area contributed by atoms with E-state index < -0.39 is 33.6 Å². The zero-order valence-electron chi connectivity index (χ0n) is 15.9. The van der Waals surface area contributed by atoms with Gasteiger partial charge in [0.2, 0.25) is 0 Å². The fraction of sp³-hybridized carbons (Fsp3) is 0.333. The molecule has 9 rings (SSSR count). The van der Waals surface area contributed by atoms with Gasteiger partial charge in [0.1, 0.15) is 10.8 Å². The number of nitrogens with zero attached hydrogens (tertiary/aromatic N) is 1. The molecule has 0 radical (unpaired) electrons. The molecule has 6 heteroatoms. The van der Waals surface area contributed by atoms with E-state index in [2.05, 4.69) is 12.2 Å². The third kappa shape index (κ3) is 1.40. The van der Waals surface area contributed by atoms with E-state index in [-0.39, 0.29) is 23.4 Å². The molecule has 2 fully saturated rings. The third-order valence-electron chi connectivity index (χ3n) is 8.51. The maximum absolute atomic E-state index is 13.6. The van der Waals surface area contributed by atoms with Crippen LogP contribution in [0.15, 0.2) is 54.6 Å². The Morgan fingerprint density at radius 3 is 1.90 bits per heavy atom. The SMILES string of the molecule is O=C1OC(=O)[C@]23[C@H]4c5ccccc5[C@H](c5ccc([N+](=O)[O-])cc54)[C@]12[C@H]1C=C[C@@H]3CC1. The van der Waals surface area contributed by atoms with Gasteiger partial charge < -0.3 is 4.74 Å². The van der Waals surface area contributed by atoms with Gasteiger partial charge in [-0.05, 0) is 46.9 Å². The minimum Gasteiger partial charge on any atom is -0.392 e. The lowest BCUT2D eigenvalue weighted by atomic mass is 9.32. The Bertz CT molecular complexity index is 1250. The summed E-state index contributed by atoms with van der Waals surface area (Å²) in [6.45, 7) is 0. The van der Waals surface area contributed by atoms with Crippen molar-refractivity contribution in [3.8, 4) is 0 Å². The fourth-order valence-corrected chi connectivity index (χ4v) is 7.77. The summed E-state index contributed by atoms with van der Waals surface area (Å²) in [5.41, 5.74) is 1.79. The summed E-state index contributed by atoms with van der Waals surface area (Å²) in [6.07, 6.45) is 5.87. The number of benzene rings is 2. The molecule has 6 atom stereocenters. The van der Waals surface area contributed by atoms with E-state index in [4.69, 9.17) is 4.74 Å². The second kappa shape index (κ2) is 4.89. The fourth-order valence-electron chi connectivity index (χ4n) is 7.77. The lowest BCUT2D eigenvalue weighted by molar-refractivity contribution is -0.385. The van der Waals surface area contributed by atoms with E-state index in [1.165, 1.54) is 6.07 Å². The molecule has 2 aromatic rings. The van der Waals surface area contributed by atoms with Crippen molar-refractivity contribution in [1.29, 1.82) is 0 Å². The predicted molar refractivity (Wildman–Crippen MR) is 105 cm³/mol. The van der Waals surface area contributed by atoms with Crippen LogP contribution in [-0.2, 0) is 14.3 Å². The van der Waals surface area contributed by atoms with Gasteiger partial charge in [0.05, 0.1) is 4.92 Å². The first kappa shape index (κ1) is 16.5. The number of allylic oxidation sites excluding steroid dienone is 2. The topological polar surface area (TPSA) is 86.5 Å². The van der Waals surface area contributed by atoms with Crippen LogP contribution in [0.2, 0.25) is 0 Å². The van der Waals surface area contributed by atoms with E-state index >= 15 is 0 Å². The summed E-state index contributed by atoms with van der Waals surface area (Å²) in [4.78, 5) is 38.3. The molecule has 0 amide bonds. The normalized spacial score (nSPS) is 38.5. The van der Waals surface area contributed by atoms with Crippen LogP contribution in [0.3, 0.4) is 0 Å². The Labute approximate surface area is 171 Å². The van der Waals surface area contributed by atoms with Crippen LogP contribution < -0.4 is 0 Å². The minimum absolute atomic E-state index is 0.00924. The van der Waals surface area contributed by atoms with Crippen molar-refractivity contribution in [2.45, 2.75) is 24.7 Å². The number of cyclic esters (lactones) is 2. The van der Waals surface area contributed by atoms with Gasteiger partial charge in [0.25, 0.3) is 5.69 Å². The van der Waals surface area contributed by atoms with E-state index in [1.54, 1.807) is 12.1 Å². The molecule has 0 unspecified atom stereocenters. The lowest BCUT2D eigenvalue weighted by Crippen LogP contribution is -2.67. The Morgan fingerprint density at radius 2 is 1.37 bits per heavy atom. The highest BCUT2D eigenvalue weighted by Gasteiger charge is 2.84. The zero-order valence-corrected chi connectivity index (χ0v) is 15.9. The Balaban J connectivity index is 1.67. The number of hydrogen-bond acceptors (Lipinski definition) is 5. The average molecular weight is 399 g/mol. The van der Waals surface area contributed by atoms with E-state index in [0.29, 0.717) is 0 Å². The van der Waals surface area contributed by atoms with Gasteiger partial charge in [0, 0.05) is 24.0 Å². The first-order valence-corrected chi connectivity index (χ1v) is 10.3. The molecule has 30 heavy (non-hydrogen) atoms. The molecule has 4 bridgehead atoms. The van der Waals surface area contributed by atoms with Crippen LogP contribution in [0.1, 0.15) is 46.9 Å². The Kier molecular flexibility index (Phi) is 2.69. The van der Waals surface area contributed by atoms with Gasteiger partial charge in [-0.1, -0.05) is 42.5 Å². The second-order valence-corrected chi connectivity index (χ2v) is 9.16. The number of carbonyl (C=O) groups excluding carboxylic acids is 2. The molecule has 148 valence electrons. The first-order valence-electron chi connectivity index (χ1n) is 10.3. The quantitative estimate of drug-likeness (QED) is 0.239. The Morgan fingerprint density at radius 1 is 0.833 bits per heavy atom. The summed E-state index contributed by atoms with van der Waals surface area (Å²) >= 11 is 0. The molecule has 6 nitrogen and oxygen atoms in total. The van der Waals surface area contributed by atoms with Crippen molar-refractivity contribution in [3.63, 3.8) is 0 Å². The highest BCUT2D eigenvalue weighted by Crippen LogP contribution is 2.80. The van der Waals surface area contributed by atoms with Crippen molar-refractivity contribution >= 4 is 17.6 Å². The second-order valence-electron chi connectivity index (χ2n) is 9.16. The molecule has 2 aromatic carbocycles. The molecule has 1 aliphatic heterocycles. The van der Waals surface area contributed by atoms with Crippen molar-refractivity contribution in [2.75, 3.05) is 0 Å². The van der Waals surface area contributed by atoms with Crippen LogP contribution in [-0.4, -0.2) is 16.9 Å². The Hall–Kier alpha value is -3.28. The van der Waals surface area contributed by atoms with Gasteiger partial charge in [-0.3, -0.25) is 19.7 Å². The lowest BCUT2D eigenvalue weighted by Gasteiger charge is -2.66. The number of carbonyl (C=O) groups is 2. The minimum atomic E-state index is -1.02. The van der Waals surface area contributed by atoms with Gasteiger partial charge in [0.15, 0.2) is 0 Å². The highest BCUT2D eigenvalue weighted by molar-refractivity contribution is 6.07. The number of esters is 2. The highest BCUT2D eigenvalue weighted by atomic mass is 16.6. The molecule has 0 spiro atoms. The predicted octanol–water partition coefficient (Wildman–Crippen LogP) is 3.84. The summed E-state index contributed by atoms with van der Waals surface area (Å²) in [5, 5.41) is 11.5. The number of non-ortho nitro benzene ring substituents is 1. The van der Waals surface area contributed by atoms with Crippen LogP contribution in [0.5, 0.6) is 0 Å². The van der Waals surface area contributed by atoms with Crippen molar-refractivity contribution < 1.29 is 19.2 Å². The van der Waals surface area contributed by atoms with E-state index in [9.17, 15) is 19.7 Å². The number of nitro benzene ring substituents is 1. The van der Waals surface area contributed by atoms with Crippen LogP contribution >= 0.6 is 0 Å². The average Bonchev–Trinajstić information content (AvgIpc) is 3.04. The van der Waals surface area contributed by atoms with Crippen molar-refractivity contribution in [3.05, 3.63) is 87.0 Å². The zero-order chi connectivity index (χ0) is 20.4. The maximum atomic E-state index is 13.6. The largest absolute Gasteiger partial charge is 0.392 e. The number of fused-ring (bicyclic) bond motifs is 1. The van der Waals surface area contributed by atoms with Gasteiger partial charge in [-0.2, -0.15) is 0 Å². The summed E-state index contributed by atoms with van der Waals surface area (Å²) in [6, 6.07) is 12.9. The molecular formula is C24H17NO5. The van der Waals surface area contributed by atoms with Crippen LogP contribution in [0.4, 0.5) is 5.69 Å². The standard InChI is InChI=1S/C24H17NO5/c26-21-23-12-5-7-13(8-6-12)24(23,22(27)30-21)20-16-4-2-1-3-15(16)19(23)17-10-9-14(25(28)29)11-18(17)20/h1-5,7,9-13,19-20H,6,8H2/t12-,13+,19+,20-,23+,24-/m0/s1. The van der Waals surface area contributed by atoms with Gasteiger partial charge in [-0.15, -0.1) is 0 Å². The summed E-state index contributed by atoms with van der Waals surface area (Å²) in [5.74, 6) is -1.83. The molecule has 0 aromatic heterocycles.